The molecule has 0 radical (unpaired) electrons. The Bertz CT molecular complexity index is 491. The number of rotatable bonds is 8. The molecule has 6 heteroatoms. The van der Waals surface area contributed by atoms with Gasteiger partial charge in [0, 0.05) is 11.6 Å². The molecule has 0 spiro atoms. The number of carbonyl (C=O) groups is 1. The van der Waals surface area contributed by atoms with Crippen molar-refractivity contribution in [1.82, 2.24) is 5.32 Å². The Kier molecular flexibility index (Phi) is 6.30. The highest BCUT2D eigenvalue weighted by atomic mass is 16.5. The SMILES string of the molecule is CCC(C)NC(C(N)=O)c1ccc(OC)c(OC)c1OC. The highest BCUT2D eigenvalue weighted by Gasteiger charge is 2.26. The van der Waals surface area contributed by atoms with Crippen LogP contribution in [-0.4, -0.2) is 33.3 Å². The first-order chi connectivity index (χ1) is 9.99. The second-order valence-corrected chi connectivity index (χ2v) is 4.73. The molecular formula is C15H24N2O4. The predicted octanol–water partition coefficient (Wildman–Crippen LogP) is 1.63. The molecule has 0 aromatic heterocycles. The van der Waals surface area contributed by atoms with E-state index < -0.39 is 11.9 Å². The van der Waals surface area contributed by atoms with Crippen LogP contribution in [-0.2, 0) is 4.79 Å². The van der Waals surface area contributed by atoms with Crippen LogP contribution in [0.3, 0.4) is 0 Å². The summed E-state index contributed by atoms with van der Waals surface area (Å²) in [6.45, 7) is 4.02. The molecule has 118 valence electrons. The van der Waals surface area contributed by atoms with Crippen molar-refractivity contribution >= 4 is 5.91 Å². The van der Waals surface area contributed by atoms with Crippen LogP contribution in [0.1, 0.15) is 31.9 Å². The molecule has 0 aliphatic carbocycles. The summed E-state index contributed by atoms with van der Waals surface area (Å²) in [7, 11) is 4.58. The number of amides is 1. The molecule has 0 aliphatic heterocycles. The van der Waals surface area contributed by atoms with E-state index in [1.807, 2.05) is 13.8 Å². The molecular weight excluding hydrogens is 272 g/mol. The fourth-order valence-electron chi connectivity index (χ4n) is 2.08. The van der Waals surface area contributed by atoms with E-state index in [2.05, 4.69) is 5.32 Å². The molecule has 1 aromatic carbocycles. The largest absolute Gasteiger partial charge is 0.493 e. The number of nitrogens with one attached hydrogen (secondary N) is 1. The number of hydrogen-bond acceptors (Lipinski definition) is 5. The number of carbonyl (C=O) groups excluding carboxylic acids is 1. The molecule has 6 nitrogen and oxygen atoms in total. The lowest BCUT2D eigenvalue weighted by atomic mass is 10.0. The average molecular weight is 296 g/mol. The van der Waals surface area contributed by atoms with Gasteiger partial charge in [-0.2, -0.15) is 0 Å². The predicted molar refractivity (Wildman–Crippen MR) is 80.9 cm³/mol. The molecule has 3 N–H and O–H groups in total. The van der Waals surface area contributed by atoms with E-state index in [9.17, 15) is 4.79 Å². The van der Waals surface area contributed by atoms with E-state index in [4.69, 9.17) is 19.9 Å². The van der Waals surface area contributed by atoms with Gasteiger partial charge in [-0.3, -0.25) is 10.1 Å². The zero-order valence-electron chi connectivity index (χ0n) is 13.2. The van der Waals surface area contributed by atoms with E-state index >= 15 is 0 Å². The van der Waals surface area contributed by atoms with E-state index in [0.29, 0.717) is 22.8 Å². The van der Waals surface area contributed by atoms with Gasteiger partial charge in [0.25, 0.3) is 0 Å². The molecule has 1 amide bonds. The zero-order chi connectivity index (χ0) is 16.0. The van der Waals surface area contributed by atoms with Gasteiger partial charge in [-0.15, -0.1) is 0 Å². The standard InChI is InChI=1S/C15H24N2O4/c1-6-9(2)17-12(15(16)18)10-7-8-11(19-3)14(21-5)13(10)20-4/h7-9,12,17H,6H2,1-5H3,(H2,16,18). The van der Waals surface area contributed by atoms with Gasteiger partial charge in [-0.1, -0.05) is 6.92 Å². The lowest BCUT2D eigenvalue weighted by molar-refractivity contribution is -0.120. The van der Waals surface area contributed by atoms with Crippen molar-refractivity contribution in [2.75, 3.05) is 21.3 Å². The Morgan fingerprint density at radius 2 is 1.81 bits per heavy atom. The van der Waals surface area contributed by atoms with Gasteiger partial charge < -0.3 is 19.9 Å². The Labute approximate surface area is 125 Å². The smallest absolute Gasteiger partial charge is 0.239 e. The van der Waals surface area contributed by atoms with Gasteiger partial charge >= 0.3 is 0 Å². The maximum Gasteiger partial charge on any atom is 0.239 e. The molecule has 21 heavy (non-hydrogen) atoms. The third-order valence-electron chi connectivity index (χ3n) is 3.39. The van der Waals surface area contributed by atoms with Crippen molar-refractivity contribution in [2.45, 2.75) is 32.4 Å². The number of ether oxygens (including phenoxy) is 3. The van der Waals surface area contributed by atoms with Crippen LogP contribution in [0.25, 0.3) is 0 Å². The van der Waals surface area contributed by atoms with Crippen molar-refractivity contribution in [3.8, 4) is 17.2 Å². The summed E-state index contributed by atoms with van der Waals surface area (Å²) in [6, 6.07) is 2.96. The van der Waals surface area contributed by atoms with Crippen LogP contribution in [0, 0.1) is 0 Å². The van der Waals surface area contributed by atoms with Crippen molar-refractivity contribution in [1.29, 1.82) is 0 Å². The van der Waals surface area contributed by atoms with Gasteiger partial charge in [0.2, 0.25) is 11.7 Å². The summed E-state index contributed by atoms with van der Waals surface area (Å²) in [5.41, 5.74) is 6.16. The highest BCUT2D eigenvalue weighted by Crippen LogP contribution is 2.42. The number of benzene rings is 1. The summed E-state index contributed by atoms with van der Waals surface area (Å²) in [5, 5.41) is 3.19. The molecule has 0 aliphatic rings. The molecule has 2 atom stereocenters. The van der Waals surface area contributed by atoms with Crippen LogP contribution in [0.5, 0.6) is 17.2 Å². The summed E-state index contributed by atoms with van der Waals surface area (Å²) in [5.74, 6) is 0.942. The van der Waals surface area contributed by atoms with Crippen LogP contribution in [0.15, 0.2) is 12.1 Å². The van der Waals surface area contributed by atoms with Gasteiger partial charge in [0.15, 0.2) is 11.5 Å². The molecule has 1 aromatic rings. The number of hydrogen-bond donors (Lipinski definition) is 2. The average Bonchev–Trinajstić information content (AvgIpc) is 2.50. The van der Waals surface area contributed by atoms with Gasteiger partial charge in [-0.25, -0.2) is 0 Å². The molecule has 1 rings (SSSR count). The zero-order valence-corrected chi connectivity index (χ0v) is 13.2. The Morgan fingerprint density at radius 1 is 1.19 bits per heavy atom. The van der Waals surface area contributed by atoms with Crippen molar-refractivity contribution in [2.24, 2.45) is 5.73 Å². The summed E-state index contributed by atoms with van der Waals surface area (Å²) in [4.78, 5) is 11.8. The molecule has 0 saturated heterocycles. The van der Waals surface area contributed by atoms with Gasteiger partial charge in [-0.05, 0) is 25.5 Å². The van der Waals surface area contributed by atoms with E-state index in [1.165, 1.54) is 14.2 Å². The van der Waals surface area contributed by atoms with Crippen molar-refractivity contribution in [3.05, 3.63) is 17.7 Å². The Hall–Kier alpha value is -1.95. The van der Waals surface area contributed by atoms with Crippen LogP contribution in [0.2, 0.25) is 0 Å². The highest BCUT2D eigenvalue weighted by molar-refractivity contribution is 5.83. The first-order valence-corrected chi connectivity index (χ1v) is 6.84. The minimum absolute atomic E-state index is 0.139. The second kappa shape index (κ2) is 7.73. The third kappa shape index (κ3) is 3.78. The third-order valence-corrected chi connectivity index (χ3v) is 3.39. The number of nitrogens with two attached hydrogens (primary N) is 1. The summed E-state index contributed by atoms with van der Waals surface area (Å²) >= 11 is 0. The molecule has 2 unspecified atom stereocenters. The molecule has 0 heterocycles. The quantitative estimate of drug-likeness (QED) is 0.762. The first-order valence-electron chi connectivity index (χ1n) is 6.84. The van der Waals surface area contributed by atoms with Crippen LogP contribution >= 0.6 is 0 Å². The Balaban J connectivity index is 3.34. The summed E-state index contributed by atoms with van der Waals surface area (Å²) in [6.07, 6.45) is 0.874. The maximum absolute atomic E-state index is 11.8. The van der Waals surface area contributed by atoms with E-state index in [-0.39, 0.29) is 6.04 Å². The Morgan fingerprint density at radius 3 is 2.24 bits per heavy atom. The van der Waals surface area contributed by atoms with Crippen LogP contribution < -0.4 is 25.3 Å². The van der Waals surface area contributed by atoms with Crippen molar-refractivity contribution < 1.29 is 19.0 Å². The van der Waals surface area contributed by atoms with E-state index in [0.717, 1.165) is 6.42 Å². The molecule has 0 fully saturated rings. The van der Waals surface area contributed by atoms with Crippen molar-refractivity contribution in [3.63, 3.8) is 0 Å². The fourth-order valence-corrected chi connectivity index (χ4v) is 2.08. The monoisotopic (exact) mass is 296 g/mol. The van der Waals surface area contributed by atoms with Gasteiger partial charge in [0.1, 0.15) is 6.04 Å². The minimum Gasteiger partial charge on any atom is -0.493 e. The summed E-state index contributed by atoms with van der Waals surface area (Å²) < 4.78 is 16.0. The molecule has 0 bridgehead atoms. The lowest BCUT2D eigenvalue weighted by Crippen LogP contribution is -2.38. The fraction of sp³-hybridized carbons (Fsp3) is 0.533. The van der Waals surface area contributed by atoms with Crippen LogP contribution in [0.4, 0.5) is 0 Å². The minimum atomic E-state index is -0.658. The second-order valence-electron chi connectivity index (χ2n) is 4.73. The first kappa shape index (κ1) is 17.1. The van der Waals surface area contributed by atoms with E-state index in [1.54, 1.807) is 19.2 Å². The topological polar surface area (TPSA) is 82.8 Å². The number of methoxy groups -OCH3 is 3. The normalized spacial score (nSPS) is 13.4. The maximum atomic E-state index is 11.8. The lowest BCUT2D eigenvalue weighted by Gasteiger charge is -2.23. The number of primary amides is 1. The van der Waals surface area contributed by atoms with Gasteiger partial charge in [0.05, 0.1) is 21.3 Å². The molecule has 0 saturated carbocycles.